The molecule has 1 heterocycles. The average Bonchev–Trinajstić information content (AvgIpc) is 2.87. The van der Waals surface area contributed by atoms with Crippen molar-refractivity contribution in [2.24, 2.45) is 4.99 Å². The molecule has 0 amide bonds. The Morgan fingerprint density at radius 1 is 0.742 bits per heavy atom. The zero-order chi connectivity index (χ0) is 21.3. The van der Waals surface area contributed by atoms with E-state index in [9.17, 15) is 0 Å². The van der Waals surface area contributed by atoms with E-state index in [1.807, 2.05) is 72.8 Å². The monoisotopic (exact) mass is 597 g/mol. The van der Waals surface area contributed by atoms with Crippen LogP contribution in [0, 0.1) is 0 Å². The molecule has 0 aromatic heterocycles. The molecule has 3 nitrogen and oxygen atoms in total. The van der Waals surface area contributed by atoms with Gasteiger partial charge in [-0.25, -0.2) is 0 Å². The van der Waals surface area contributed by atoms with Crippen molar-refractivity contribution >= 4 is 65.8 Å². The predicted molar refractivity (Wildman–Crippen MR) is 132 cm³/mol. The minimum absolute atomic E-state index is 0.583. The first-order chi connectivity index (χ1) is 15.2. The van der Waals surface area contributed by atoms with Crippen LogP contribution in [0.4, 0.5) is 5.69 Å². The standard InChI is InChI=1S/C13H9BrClNO2.2C6H5.Sn/c14-10-5-9(15)6-11(13(10)18)16-7-8-3-1-2-4-12(8)17;2*1-2-4-6-5-3-1;/h1-7,17-18H;2*1-5H;/q;;;+2/p-2. The average molecular weight is 597 g/mol. The molecule has 0 fully saturated rings. The molecule has 152 valence electrons. The minimum atomic E-state index is -4.28. The summed E-state index contributed by atoms with van der Waals surface area (Å²) < 4.78 is 16.8. The van der Waals surface area contributed by atoms with Gasteiger partial charge in [-0.3, -0.25) is 0 Å². The number of benzene rings is 4. The van der Waals surface area contributed by atoms with E-state index in [4.69, 9.17) is 22.7 Å². The van der Waals surface area contributed by atoms with Crippen molar-refractivity contribution in [3.8, 4) is 11.5 Å². The van der Waals surface area contributed by atoms with Gasteiger partial charge in [-0.2, -0.15) is 0 Å². The summed E-state index contributed by atoms with van der Waals surface area (Å²) in [5.41, 5.74) is 1.55. The number of hydrogen-bond donors (Lipinski definition) is 0. The Balaban J connectivity index is 1.85. The van der Waals surface area contributed by atoms with Gasteiger partial charge in [0.15, 0.2) is 0 Å². The number of para-hydroxylation sites is 1. The van der Waals surface area contributed by atoms with Crippen LogP contribution in [0.25, 0.3) is 0 Å². The summed E-state index contributed by atoms with van der Waals surface area (Å²) in [6.45, 7) is 0. The van der Waals surface area contributed by atoms with E-state index in [0.717, 1.165) is 22.9 Å². The van der Waals surface area contributed by atoms with Gasteiger partial charge >= 0.3 is 201 Å². The summed E-state index contributed by atoms with van der Waals surface area (Å²) in [6.07, 6.45) is 1.80. The van der Waals surface area contributed by atoms with E-state index >= 15 is 0 Å². The Hall–Kier alpha value is -2.28. The summed E-state index contributed by atoms with van der Waals surface area (Å²) in [6, 6.07) is 32.0. The van der Waals surface area contributed by atoms with Gasteiger partial charge in [0.1, 0.15) is 0 Å². The second-order valence-electron chi connectivity index (χ2n) is 7.08. The third kappa shape index (κ3) is 4.00. The molecule has 0 N–H and O–H groups in total. The Labute approximate surface area is 199 Å². The Morgan fingerprint density at radius 3 is 2.03 bits per heavy atom. The van der Waals surface area contributed by atoms with Crippen LogP contribution in [0.1, 0.15) is 5.56 Å². The molecule has 0 atom stereocenters. The van der Waals surface area contributed by atoms with Gasteiger partial charge in [-0.05, 0) is 0 Å². The molecule has 0 unspecified atom stereocenters. The first-order valence-electron chi connectivity index (χ1n) is 9.77. The number of aliphatic imine (C=N–C) groups is 1. The zero-order valence-corrected chi connectivity index (χ0v) is 21.5. The molecule has 6 heteroatoms. The van der Waals surface area contributed by atoms with Gasteiger partial charge in [0.25, 0.3) is 0 Å². The van der Waals surface area contributed by atoms with Crippen molar-refractivity contribution in [1.29, 1.82) is 0 Å². The van der Waals surface area contributed by atoms with Crippen molar-refractivity contribution < 1.29 is 6.15 Å². The van der Waals surface area contributed by atoms with E-state index in [1.54, 1.807) is 6.21 Å². The summed E-state index contributed by atoms with van der Waals surface area (Å²) >= 11 is 5.72. The fourth-order valence-electron chi connectivity index (χ4n) is 3.60. The first-order valence-corrected chi connectivity index (χ1v) is 16.1. The second kappa shape index (κ2) is 8.69. The number of rotatable bonds is 2. The van der Waals surface area contributed by atoms with Crippen LogP contribution in [0.2, 0.25) is 5.02 Å². The van der Waals surface area contributed by atoms with E-state index < -0.39 is 19.2 Å². The van der Waals surface area contributed by atoms with Crippen molar-refractivity contribution in [2.45, 2.75) is 0 Å². The molecule has 0 spiro atoms. The van der Waals surface area contributed by atoms with E-state index in [0.29, 0.717) is 16.5 Å². The van der Waals surface area contributed by atoms with Crippen LogP contribution >= 0.6 is 27.5 Å². The van der Waals surface area contributed by atoms with Gasteiger partial charge in [0, 0.05) is 0 Å². The van der Waals surface area contributed by atoms with Crippen LogP contribution in [0.5, 0.6) is 11.5 Å². The molecule has 0 bridgehead atoms. The number of hydrogen-bond acceptors (Lipinski definition) is 3. The van der Waals surface area contributed by atoms with Crippen molar-refractivity contribution in [3.63, 3.8) is 0 Å². The van der Waals surface area contributed by atoms with E-state index in [1.165, 1.54) is 0 Å². The number of halogens is 2. The topological polar surface area (TPSA) is 30.8 Å². The van der Waals surface area contributed by atoms with Crippen LogP contribution < -0.4 is 13.3 Å². The number of nitrogens with zero attached hydrogens (tertiary/aromatic N) is 1. The Kier molecular flexibility index (Phi) is 5.78. The van der Waals surface area contributed by atoms with Crippen LogP contribution in [0.3, 0.4) is 0 Å². The van der Waals surface area contributed by atoms with Gasteiger partial charge in [-0.1, -0.05) is 0 Å². The summed E-state index contributed by atoms with van der Waals surface area (Å²) in [5, 5.41) is 0.583. The molecule has 0 saturated heterocycles. The summed E-state index contributed by atoms with van der Waals surface area (Å²) in [4.78, 5) is 4.71. The maximum atomic E-state index is 6.99. The molecule has 31 heavy (non-hydrogen) atoms. The fourth-order valence-corrected chi connectivity index (χ4v) is 13.8. The van der Waals surface area contributed by atoms with Gasteiger partial charge in [-0.15, -0.1) is 0 Å². The quantitative estimate of drug-likeness (QED) is 0.271. The SMILES string of the molecule is Clc1cc(Br)c2c(c1)N=Cc1ccccc1[O][Sn]([c]1ccccc1)([c]1ccccc1)[O]2. The molecule has 1 aliphatic heterocycles. The summed E-state index contributed by atoms with van der Waals surface area (Å²) in [5.74, 6) is 1.39. The van der Waals surface area contributed by atoms with E-state index in [2.05, 4.69) is 40.2 Å². The molecular weight excluding hydrogens is 580 g/mol. The molecule has 0 aliphatic carbocycles. The van der Waals surface area contributed by atoms with Crippen LogP contribution in [-0.2, 0) is 0 Å². The Bertz CT molecular complexity index is 1230. The van der Waals surface area contributed by atoms with Crippen molar-refractivity contribution in [3.05, 3.63) is 112 Å². The van der Waals surface area contributed by atoms with Gasteiger partial charge < -0.3 is 0 Å². The predicted octanol–water partition coefficient (Wildman–Crippen LogP) is 5.88. The molecular formula is C25H17BrClNO2Sn. The molecule has 5 rings (SSSR count). The van der Waals surface area contributed by atoms with Crippen LogP contribution in [0.15, 0.2) is 107 Å². The van der Waals surface area contributed by atoms with Gasteiger partial charge in [0.2, 0.25) is 0 Å². The van der Waals surface area contributed by atoms with Crippen LogP contribution in [-0.4, -0.2) is 25.4 Å². The molecule has 4 aromatic rings. The van der Waals surface area contributed by atoms with E-state index in [-0.39, 0.29) is 0 Å². The van der Waals surface area contributed by atoms with Crippen molar-refractivity contribution in [2.75, 3.05) is 0 Å². The molecule has 4 aromatic carbocycles. The third-order valence-electron chi connectivity index (χ3n) is 5.06. The van der Waals surface area contributed by atoms with Crippen molar-refractivity contribution in [1.82, 2.24) is 0 Å². The third-order valence-corrected chi connectivity index (χ3v) is 15.0. The zero-order valence-electron chi connectivity index (χ0n) is 16.3. The molecule has 1 aliphatic rings. The Morgan fingerprint density at radius 2 is 1.35 bits per heavy atom. The second-order valence-corrected chi connectivity index (χ2v) is 16.4. The molecule has 0 radical (unpaired) electrons. The first kappa shape index (κ1) is 20.6. The van der Waals surface area contributed by atoms with Gasteiger partial charge in [0.05, 0.1) is 0 Å². The molecule has 0 saturated carbocycles. The number of fused-ring (bicyclic) bond motifs is 2. The fraction of sp³-hybridized carbons (Fsp3) is 0. The maximum absolute atomic E-state index is 6.99. The summed E-state index contributed by atoms with van der Waals surface area (Å²) in [7, 11) is 0. The normalized spacial score (nSPS) is 14.1.